The highest BCUT2D eigenvalue weighted by molar-refractivity contribution is 14.1. The van der Waals surface area contributed by atoms with Crippen molar-refractivity contribution in [2.75, 3.05) is 5.73 Å². The van der Waals surface area contributed by atoms with Gasteiger partial charge in [0.05, 0.1) is 5.69 Å². The van der Waals surface area contributed by atoms with Crippen molar-refractivity contribution < 1.29 is 0 Å². The Morgan fingerprint density at radius 3 is 2.92 bits per heavy atom. The number of nitrogens with two attached hydrogens (primary N) is 1. The van der Waals surface area contributed by atoms with Crippen molar-refractivity contribution in [3.8, 4) is 0 Å². The van der Waals surface area contributed by atoms with E-state index in [-0.39, 0.29) is 0 Å². The van der Waals surface area contributed by atoms with E-state index in [4.69, 9.17) is 5.73 Å². The Morgan fingerprint density at radius 1 is 1.46 bits per heavy atom. The summed E-state index contributed by atoms with van der Waals surface area (Å²) in [4.78, 5) is 0. The number of hydrogen-bond donors (Lipinski definition) is 1. The average Bonchev–Trinajstić information content (AvgIpc) is 2.50. The van der Waals surface area contributed by atoms with Crippen LogP contribution < -0.4 is 5.73 Å². The topological polar surface area (TPSA) is 26.0 Å². The van der Waals surface area contributed by atoms with E-state index in [1.54, 1.807) is 11.3 Å². The zero-order chi connectivity index (χ0) is 9.42. The maximum absolute atomic E-state index is 5.84. The van der Waals surface area contributed by atoms with Crippen molar-refractivity contribution in [3.63, 3.8) is 0 Å². The molecule has 1 nitrogen and oxygen atoms in total. The summed E-state index contributed by atoms with van der Waals surface area (Å²) < 4.78 is 2.69. The van der Waals surface area contributed by atoms with Gasteiger partial charge in [-0.05, 0) is 34.6 Å². The van der Waals surface area contributed by atoms with Crippen LogP contribution in [0.5, 0.6) is 0 Å². The van der Waals surface area contributed by atoms with E-state index in [1.165, 1.54) is 19.2 Å². The third kappa shape index (κ3) is 1.44. The number of halogens is 1. The summed E-state index contributed by atoms with van der Waals surface area (Å²) in [5, 5.41) is 3.22. The lowest BCUT2D eigenvalue weighted by Crippen LogP contribution is -1.86. The molecular formula is C10H10INS. The van der Waals surface area contributed by atoms with Crippen LogP contribution in [0.4, 0.5) is 5.69 Å². The largest absolute Gasteiger partial charge is 0.398 e. The minimum atomic E-state index is 0.903. The minimum Gasteiger partial charge on any atom is -0.398 e. The SMILES string of the molecule is CCc1ccc2c(N)csc2c1I. The van der Waals surface area contributed by atoms with Gasteiger partial charge in [-0.3, -0.25) is 0 Å². The lowest BCUT2D eigenvalue weighted by Gasteiger charge is -2.01. The van der Waals surface area contributed by atoms with Crippen LogP contribution in [0.2, 0.25) is 0 Å². The van der Waals surface area contributed by atoms with Gasteiger partial charge in [0.25, 0.3) is 0 Å². The predicted molar refractivity (Wildman–Crippen MR) is 68.3 cm³/mol. The van der Waals surface area contributed by atoms with Gasteiger partial charge in [0.15, 0.2) is 0 Å². The molecule has 3 heteroatoms. The Balaban J connectivity index is 2.80. The summed E-state index contributed by atoms with van der Waals surface area (Å²) in [7, 11) is 0. The van der Waals surface area contributed by atoms with Crippen LogP contribution in [0, 0.1) is 3.57 Å². The van der Waals surface area contributed by atoms with Crippen LogP contribution in [-0.4, -0.2) is 0 Å². The molecule has 0 aliphatic carbocycles. The maximum atomic E-state index is 5.84. The summed E-state index contributed by atoms with van der Waals surface area (Å²) in [5.74, 6) is 0. The minimum absolute atomic E-state index is 0.903. The van der Waals surface area contributed by atoms with Gasteiger partial charge in [0.2, 0.25) is 0 Å². The molecule has 1 aromatic carbocycles. The van der Waals surface area contributed by atoms with Crippen molar-refractivity contribution >= 4 is 49.7 Å². The van der Waals surface area contributed by atoms with Crippen molar-refractivity contribution in [2.45, 2.75) is 13.3 Å². The van der Waals surface area contributed by atoms with E-state index in [0.29, 0.717) is 0 Å². The second-order valence-corrected chi connectivity index (χ2v) is 4.92. The summed E-state index contributed by atoms with van der Waals surface area (Å²) in [6.45, 7) is 2.18. The van der Waals surface area contributed by atoms with Crippen molar-refractivity contribution in [1.82, 2.24) is 0 Å². The molecule has 0 saturated heterocycles. The summed E-state index contributed by atoms with van der Waals surface area (Å²) in [6.07, 6.45) is 1.09. The Bertz CT molecular complexity index is 447. The van der Waals surface area contributed by atoms with E-state index in [2.05, 4.69) is 41.6 Å². The first-order valence-corrected chi connectivity index (χ1v) is 6.14. The van der Waals surface area contributed by atoms with E-state index in [1.807, 2.05) is 5.38 Å². The molecule has 0 radical (unpaired) electrons. The first-order valence-electron chi connectivity index (χ1n) is 4.18. The molecule has 0 aliphatic heterocycles. The molecule has 0 bridgehead atoms. The van der Waals surface area contributed by atoms with Crippen LogP contribution in [0.1, 0.15) is 12.5 Å². The fraction of sp³-hybridized carbons (Fsp3) is 0.200. The van der Waals surface area contributed by atoms with Crippen molar-refractivity contribution in [3.05, 3.63) is 26.6 Å². The molecule has 1 heterocycles. The highest BCUT2D eigenvalue weighted by atomic mass is 127. The smallest absolute Gasteiger partial charge is 0.0503 e. The monoisotopic (exact) mass is 303 g/mol. The third-order valence-electron chi connectivity index (χ3n) is 2.17. The molecule has 0 fully saturated rings. The molecule has 0 spiro atoms. The molecule has 2 aromatic rings. The zero-order valence-corrected chi connectivity index (χ0v) is 10.3. The number of rotatable bonds is 1. The second kappa shape index (κ2) is 3.46. The molecule has 0 atom stereocenters. The second-order valence-electron chi connectivity index (χ2n) is 2.96. The first-order chi connectivity index (χ1) is 6.24. The fourth-order valence-corrected chi connectivity index (χ4v) is 3.55. The summed E-state index contributed by atoms with van der Waals surface area (Å²) in [6, 6.07) is 4.30. The van der Waals surface area contributed by atoms with Crippen molar-refractivity contribution in [1.29, 1.82) is 0 Å². The Labute approximate surface area is 95.1 Å². The standard InChI is InChI=1S/C10H10INS/c1-2-6-3-4-7-8(12)5-13-10(7)9(6)11/h3-5H,2,12H2,1H3. The lowest BCUT2D eigenvalue weighted by atomic mass is 10.1. The molecule has 0 aliphatic rings. The number of hydrogen-bond acceptors (Lipinski definition) is 2. The van der Waals surface area contributed by atoms with Crippen molar-refractivity contribution in [2.24, 2.45) is 0 Å². The van der Waals surface area contributed by atoms with Crippen LogP contribution in [-0.2, 0) is 6.42 Å². The lowest BCUT2D eigenvalue weighted by molar-refractivity contribution is 1.14. The highest BCUT2D eigenvalue weighted by Crippen LogP contribution is 2.33. The number of nitrogen functional groups attached to an aromatic ring is 1. The molecule has 0 amide bonds. The normalized spacial score (nSPS) is 10.9. The number of fused-ring (bicyclic) bond motifs is 1. The number of thiophene rings is 1. The van der Waals surface area contributed by atoms with E-state index < -0.39 is 0 Å². The summed E-state index contributed by atoms with van der Waals surface area (Å²) >= 11 is 4.14. The van der Waals surface area contributed by atoms with Gasteiger partial charge in [-0.2, -0.15) is 0 Å². The van der Waals surface area contributed by atoms with Gasteiger partial charge in [-0.1, -0.05) is 19.1 Å². The van der Waals surface area contributed by atoms with Gasteiger partial charge >= 0.3 is 0 Å². The number of aryl methyl sites for hydroxylation is 1. The number of benzene rings is 1. The molecule has 2 rings (SSSR count). The molecular weight excluding hydrogens is 293 g/mol. The van der Waals surface area contributed by atoms with Crippen LogP contribution in [0.3, 0.4) is 0 Å². The molecule has 68 valence electrons. The molecule has 0 unspecified atom stereocenters. The molecule has 0 saturated carbocycles. The quantitative estimate of drug-likeness (QED) is 0.800. The van der Waals surface area contributed by atoms with Gasteiger partial charge in [-0.15, -0.1) is 11.3 Å². The van der Waals surface area contributed by atoms with Crippen LogP contribution >= 0.6 is 33.9 Å². The molecule has 2 N–H and O–H groups in total. The Morgan fingerprint density at radius 2 is 2.23 bits per heavy atom. The van der Waals surface area contributed by atoms with Gasteiger partial charge in [-0.25, -0.2) is 0 Å². The first kappa shape index (κ1) is 9.27. The fourth-order valence-electron chi connectivity index (χ4n) is 1.40. The van der Waals surface area contributed by atoms with E-state index >= 15 is 0 Å². The zero-order valence-electron chi connectivity index (χ0n) is 7.30. The maximum Gasteiger partial charge on any atom is 0.0503 e. The third-order valence-corrected chi connectivity index (χ3v) is 4.80. The predicted octanol–water partition coefficient (Wildman–Crippen LogP) is 3.65. The van der Waals surface area contributed by atoms with Gasteiger partial charge in [0, 0.05) is 19.0 Å². The van der Waals surface area contributed by atoms with E-state index in [0.717, 1.165) is 12.1 Å². The van der Waals surface area contributed by atoms with Crippen LogP contribution in [0.25, 0.3) is 10.1 Å². The summed E-state index contributed by atoms with van der Waals surface area (Å²) in [5.41, 5.74) is 8.16. The van der Waals surface area contributed by atoms with Gasteiger partial charge in [0.1, 0.15) is 0 Å². The highest BCUT2D eigenvalue weighted by Gasteiger charge is 2.07. The Hall–Kier alpha value is -0.290. The average molecular weight is 303 g/mol. The molecule has 13 heavy (non-hydrogen) atoms. The number of anilines is 1. The van der Waals surface area contributed by atoms with Gasteiger partial charge < -0.3 is 5.73 Å². The Kier molecular flexibility index (Phi) is 2.47. The van der Waals surface area contributed by atoms with Crippen LogP contribution in [0.15, 0.2) is 17.5 Å². The molecule has 1 aromatic heterocycles. The van der Waals surface area contributed by atoms with E-state index in [9.17, 15) is 0 Å².